The summed E-state index contributed by atoms with van der Waals surface area (Å²) in [6, 6.07) is 22.6. The van der Waals surface area contributed by atoms with Gasteiger partial charge in [0.05, 0.1) is 17.5 Å². The van der Waals surface area contributed by atoms with Crippen LogP contribution in [0.3, 0.4) is 0 Å². The van der Waals surface area contributed by atoms with Gasteiger partial charge >= 0.3 is 0 Å². The van der Waals surface area contributed by atoms with Crippen LogP contribution in [0.25, 0.3) is 22.0 Å². The number of nitrogens with one attached hydrogen (secondary N) is 3. The summed E-state index contributed by atoms with van der Waals surface area (Å²) in [5.41, 5.74) is 9.86. The number of carbonyl (C=O) groups is 1. The van der Waals surface area contributed by atoms with Crippen LogP contribution in [0.5, 0.6) is 5.88 Å². The number of piperidine rings is 2. The van der Waals surface area contributed by atoms with E-state index in [0.717, 1.165) is 101 Å². The second kappa shape index (κ2) is 14.7. The number of hydrogen-bond acceptors (Lipinski definition) is 9. The molecule has 2 aromatic heterocycles. The Morgan fingerprint density at radius 2 is 1.85 bits per heavy atom. The van der Waals surface area contributed by atoms with E-state index in [2.05, 4.69) is 92.6 Å². The third-order valence-electron chi connectivity index (χ3n) is 10.1. The first kappa shape index (κ1) is 33.2. The summed E-state index contributed by atoms with van der Waals surface area (Å²) >= 11 is 0. The van der Waals surface area contributed by atoms with E-state index in [1.807, 2.05) is 42.7 Å². The van der Waals surface area contributed by atoms with Gasteiger partial charge in [0.2, 0.25) is 17.7 Å². The Kier molecular flexibility index (Phi) is 9.42. The summed E-state index contributed by atoms with van der Waals surface area (Å²) in [6.45, 7) is 9.59. The summed E-state index contributed by atoms with van der Waals surface area (Å²) in [5.74, 6) is 7.46. The van der Waals surface area contributed by atoms with E-state index < -0.39 is 0 Å². The zero-order chi connectivity index (χ0) is 35.4. The Balaban J connectivity index is 0.824. The fourth-order valence-electron chi connectivity index (χ4n) is 7.12. The number of allylic oxidation sites excluding steroid dienone is 1. The summed E-state index contributed by atoms with van der Waals surface area (Å²) < 4.78 is 11.8. The van der Waals surface area contributed by atoms with Crippen molar-refractivity contribution in [1.29, 1.82) is 0 Å². The minimum atomic E-state index is -0.125. The average molecular weight is 692 g/mol. The molecule has 10 heteroatoms. The fourth-order valence-corrected chi connectivity index (χ4v) is 7.12. The molecule has 2 saturated heterocycles. The molecule has 10 nitrogen and oxygen atoms in total. The normalized spacial score (nSPS) is 17.3. The van der Waals surface area contributed by atoms with Crippen LogP contribution < -0.4 is 25.6 Å². The number of nitrogens with zero attached hydrogens (tertiary/aromatic N) is 4. The van der Waals surface area contributed by atoms with Crippen LogP contribution in [0, 0.1) is 18.8 Å². The molecule has 1 atom stereocenters. The van der Waals surface area contributed by atoms with Crippen LogP contribution in [-0.2, 0) is 9.53 Å². The van der Waals surface area contributed by atoms with Crippen LogP contribution in [-0.4, -0.2) is 59.8 Å². The number of rotatable bonds is 7. The lowest BCUT2D eigenvalue weighted by Gasteiger charge is -2.33. The fraction of sp³-hybridized carbons (Fsp3) is 0.286. The van der Waals surface area contributed by atoms with Crippen molar-refractivity contribution in [1.82, 2.24) is 20.3 Å². The van der Waals surface area contributed by atoms with Crippen molar-refractivity contribution in [2.24, 2.45) is 0 Å². The molecule has 8 rings (SSSR count). The maximum atomic E-state index is 12.3. The first-order valence-electron chi connectivity index (χ1n) is 17.9. The molecule has 0 spiro atoms. The molecule has 3 aliphatic rings. The van der Waals surface area contributed by atoms with E-state index in [0.29, 0.717) is 25.0 Å². The van der Waals surface area contributed by atoms with Gasteiger partial charge in [-0.1, -0.05) is 42.7 Å². The van der Waals surface area contributed by atoms with Gasteiger partial charge in [-0.15, -0.1) is 0 Å². The molecule has 3 N–H and O–H groups in total. The van der Waals surface area contributed by atoms with E-state index in [4.69, 9.17) is 14.5 Å². The number of carbonyl (C=O) groups excluding carboxylic acids is 1. The lowest BCUT2D eigenvalue weighted by molar-refractivity contribution is -0.122. The van der Waals surface area contributed by atoms with Gasteiger partial charge in [-0.3, -0.25) is 4.79 Å². The number of fused-ring (bicyclic) bond motifs is 2. The minimum Gasteiger partial charge on any atom is -0.474 e. The van der Waals surface area contributed by atoms with Crippen LogP contribution in [0.2, 0.25) is 0 Å². The van der Waals surface area contributed by atoms with Gasteiger partial charge in [-0.05, 0) is 91.8 Å². The molecule has 0 saturated carbocycles. The molecule has 0 aliphatic carbocycles. The van der Waals surface area contributed by atoms with Crippen molar-refractivity contribution in [3.63, 3.8) is 0 Å². The predicted octanol–water partition coefficient (Wildman–Crippen LogP) is 7.09. The van der Waals surface area contributed by atoms with Gasteiger partial charge in [-0.25, -0.2) is 15.0 Å². The molecule has 3 aliphatic heterocycles. The third kappa shape index (κ3) is 7.27. The zero-order valence-corrected chi connectivity index (χ0v) is 29.2. The number of ether oxygens (including phenoxy) is 2. The van der Waals surface area contributed by atoms with Crippen molar-refractivity contribution in [2.75, 3.05) is 48.4 Å². The van der Waals surface area contributed by atoms with Crippen molar-refractivity contribution in [2.45, 2.75) is 44.6 Å². The predicted molar refractivity (Wildman–Crippen MR) is 205 cm³/mol. The second-order valence-electron chi connectivity index (χ2n) is 13.5. The summed E-state index contributed by atoms with van der Waals surface area (Å²) in [4.78, 5) is 28.6. The SMILES string of the molecule is C=C1CCC(c2ccc(C#CCOC3CCN(c4ccc(Nc5ncc6ccc(-c7cnc8c(c7C)NCCO8)cc6n5)cc4)CC3)cc2)C(=O)N1. The highest BCUT2D eigenvalue weighted by Crippen LogP contribution is 2.36. The quantitative estimate of drug-likeness (QED) is 0.154. The first-order chi connectivity index (χ1) is 25.5. The average Bonchev–Trinajstić information content (AvgIpc) is 3.17. The topological polar surface area (TPSA) is 114 Å². The Morgan fingerprint density at radius 1 is 1.02 bits per heavy atom. The highest BCUT2D eigenvalue weighted by Gasteiger charge is 2.25. The third-order valence-corrected chi connectivity index (χ3v) is 10.1. The number of amides is 1. The standard InChI is InChI=1S/C42H41N7O3/c1-27-5-16-36(40(50)46-27)30-8-6-29(7-9-30)4-3-22-51-35-17-20-49(21-18-35)34-14-12-33(13-15-34)47-42-45-25-32-11-10-31(24-38(32)48-42)37-26-44-41-39(28(37)2)43-19-23-52-41/h6-15,24-26,35-36,43H,1,5,16-23H2,2H3,(H,46,50)(H,45,47,48). The highest BCUT2D eigenvalue weighted by atomic mass is 16.5. The first-order valence-corrected chi connectivity index (χ1v) is 17.9. The summed E-state index contributed by atoms with van der Waals surface area (Å²) in [5, 5.41) is 10.6. The number of hydrogen-bond donors (Lipinski definition) is 3. The largest absolute Gasteiger partial charge is 0.474 e. The molecule has 0 radical (unpaired) electrons. The molecular weight excluding hydrogens is 651 g/mol. The van der Waals surface area contributed by atoms with E-state index >= 15 is 0 Å². The molecular formula is C42H41N7O3. The van der Waals surface area contributed by atoms with Crippen molar-refractivity contribution in [3.05, 3.63) is 108 Å². The van der Waals surface area contributed by atoms with E-state index in [-0.39, 0.29) is 17.9 Å². The smallest absolute Gasteiger partial charge is 0.237 e. The Hall–Kier alpha value is -5.92. The molecule has 0 bridgehead atoms. The summed E-state index contributed by atoms with van der Waals surface area (Å²) in [7, 11) is 0. The maximum absolute atomic E-state index is 12.3. The molecule has 1 unspecified atom stereocenters. The van der Waals surface area contributed by atoms with Crippen LogP contribution in [0.15, 0.2) is 91.4 Å². The van der Waals surface area contributed by atoms with Gasteiger partial charge in [0, 0.05) is 65.6 Å². The molecule has 2 fully saturated rings. The van der Waals surface area contributed by atoms with Crippen LogP contribution in [0.4, 0.5) is 23.0 Å². The van der Waals surface area contributed by atoms with Crippen molar-refractivity contribution < 1.29 is 14.3 Å². The molecule has 1 amide bonds. The van der Waals surface area contributed by atoms with Gasteiger partial charge in [0.1, 0.15) is 18.9 Å². The van der Waals surface area contributed by atoms with Crippen molar-refractivity contribution >= 4 is 39.8 Å². The lowest BCUT2D eigenvalue weighted by atomic mass is 9.89. The Bertz CT molecular complexity index is 2180. The van der Waals surface area contributed by atoms with Gasteiger partial charge in [0.25, 0.3) is 0 Å². The second-order valence-corrected chi connectivity index (χ2v) is 13.5. The van der Waals surface area contributed by atoms with Gasteiger partial charge < -0.3 is 30.3 Å². The molecule has 5 aromatic rings. The van der Waals surface area contributed by atoms with Gasteiger partial charge in [0.15, 0.2) is 0 Å². The molecule has 52 heavy (non-hydrogen) atoms. The number of aromatic nitrogens is 3. The molecule has 5 heterocycles. The Morgan fingerprint density at radius 3 is 2.65 bits per heavy atom. The number of anilines is 4. The van der Waals surface area contributed by atoms with Crippen LogP contribution in [0.1, 0.15) is 48.3 Å². The number of benzene rings is 3. The van der Waals surface area contributed by atoms with E-state index in [1.165, 1.54) is 5.69 Å². The lowest BCUT2D eigenvalue weighted by Crippen LogP contribution is -2.37. The molecule has 3 aromatic carbocycles. The van der Waals surface area contributed by atoms with E-state index in [9.17, 15) is 4.79 Å². The van der Waals surface area contributed by atoms with Crippen molar-refractivity contribution in [3.8, 4) is 28.8 Å². The zero-order valence-electron chi connectivity index (χ0n) is 29.2. The minimum absolute atomic E-state index is 0.0233. The van der Waals surface area contributed by atoms with E-state index in [1.54, 1.807) is 0 Å². The number of pyridine rings is 1. The monoisotopic (exact) mass is 691 g/mol. The van der Waals surface area contributed by atoms with Gasteiger partial charge in [-0.2, -0.15) is 0 Å². The molecule has 262 valence electrons. The summed E-state index contributed by atoms with van der Waals surface area (Å²) in [6.07, 6.45) is 7.42. The highest BCUT2D eigenvalue weighted by molar-refractivity contribution is 5.87. The Labute approximate surface area is 303 Å². The van der Waals surface area contributed by atoms with Crippen LogP contribution >= 0.6 is 0 Å². The maximum Gasteiger partial charge on any atom is 0.237 e.